The maximum absolute atomic E-state index is 8.82. The summed E-state index contributed by atoms with van der Waals surface area (Å²) in [6, 6.07) is 12.3. The minimum atomic E-state index is 0.556. The van der Waals surface area contributed by atoms with Gasteiger partial charge in [0.15, 0.2) is 0 Å². The molecule has 0 saturated heterocycles. The lowest BCUT2D eigenvalue weighted by Gasteiger charge is -2.06. The van der Waals surface area contributed by atoms with Gasteiger partial charge in [-0.25, -0.2) is 0 Å². The number of hydrogen-bond donors (Lipinski definition) is 2. The van der Waals surface area contributed by atoms with E-state index in [2.05, 4.69) is 36.5 Å². The molecule has 1 aromatic carbocycles. The number of aryl methyl sites for hydroxylation is 1. The van der Waals surface area contributed by atoms with Gasteiger partial charge in [-0.1, -0.05) is 24.3 Å². The van der Waals surface area contributed by atoms with Crippen molar-refractivity contribution in [2.45, 2.75) is 13.3 Å². The summed E-state index contributed by atoms with van der Waals surface area (Å²) < 4.78 is 0. The first kappa shape index (κ1) is 12.5. The van der Waals surface area contributed by atoms with E-state index in [9.17, 15) is 0 Å². The number of nitrogens with zero attached hydrogens (tertiary/aromatic N) is 1. The first-order chi connectivity index (χ1) is 8.70. The third-order valence-corrected chi connectivity index (χ3v) is 3.83. The molecule has 0 aliphatic rings. The second-order valence-electron chi connectivity index (χ2n) is 4.11. The van der Waals surface area contributed by atoms with Crippen LogP contribution in [0.25, 0.3) is 0 Å². The fourth-order valence-electron chi connectivity index (χ4n) is 1.79. The molecule has 0 aliphatic heterocycles. The molecular weight excluding hydrogens is 242 g/mol. The monoisotopic (exact) mass is 257 g/mol. The summed E-state index contributed by atoms with van der Waals surface area (Å²) in [7, 11) is 0. The quantitative estimate of drug-likeness (QED) is 0.884. The van der Waals surface area contributed by atoms with Gasteiger partial charge in [-0.3, -0.25) is 0 Å². The molecular formula is C14H15N3S. The van der Waals surface area contributed by atoms with Crippen LogP contribution in [0.1, 0.15) is 16.0 Å². The molecule has 0 fully saturated rings. The summed E-state index contributed by atoms with van der Waals surface area (Å²) in [5, 5.41) is 13.1. The zero-order chi connectivity index (χ0) is 13.0. The Balaban J connectivity index is 1.93. The van der Waals surface area contributed by atoms with Gasteiger partial charge in [-0.2, -0.15) is 5.26 Å². The van der Waals surface area contributed by atoms with Crippen LogP contribution in [-0.2, 0) is 6.42 Å². The maximum atomic E-state index is 8.82. The van der Waals surface area contributed by atoms with E-state index in [1.54, 1.807) is 0 Å². The molecule has 0 aliphatic carbocycles. The van der Waals surface area contributed by atoms with Gasteiger partial charge in [-0.15, -0.1) is 11.3 Å². The summed E-state index contributed by atoms with van der Waals surface area (Å²) in [5.41, 5.74) is 8.91. The van der Waals surface area contributed by atoms with Crippen molar-refractivity contribution in [2.24, 2.45) is 0 Å². The van der Waals surface area contributed by atoms with E-state index >= 15 is 0 Å². The van der Waals surface area contributed by atoms with Gasteiger partial charge in [0.05, 0.1) is 10.7 Å². The van der Waals surface area contributed by atoms with Crippen molar-refractivity contribution in [3.05, 3.63) is 46.3 Å². The van der Waals surface area contributed by atoms with Crippen LogP contribution in [0.15, 0.2) is 30.3 Å². The van der Waals surface area contributed by atoms with E-state index in [-0.39, 0.29) is 0 Å². The second kappa shape index (κ2) is 5.56. The molecule has 4 heteroatoms. The molecule has 1 aromatic heterocycles. The molecule has 3 nitrogen and oxygen atoms in total. The Kier molecular flexibility index (Phi) is 3.85. The summed E-state index contributed by atoms with van der Waals surface area (Å²) in [5.74, 6) is 0. The molecule has 0 amide bonds. The van der Waals surface area contributed by atoms with E-state index in [4.69, 9.17) is 11.0 Å². The highest BCUT2D eigenvalue weighted by Gasteiger charge is 2.05. The molecule has 2 rings (SSSR count). The number of benzene rings is 1. The fraction of sp³-hybridized carbons (Fsp3) is 0.214. The summed E-state index contributed by atoms with van der Waals surface area (Å²) in [6.07, 6.45) is 0.965. The maximum Gasteiger partial charge on any atom is 0.129 e. The Bertz CT molecular complexity index is 581. The normalized spacial score (nSPS) is 10.0. The van der Waals surface area contributed by atoms with Crippen molar-refractivity contribution in [3.63, 3.8) is 0 Å². The highest BCUT2D eigenvalue weighted by Crippen LogP contribution is 2.28. The van der Waals surface area contributed by atoms with Crippen LogP contribution in [0.2, 0.25) is 0 Å². The lowest BCUT2D eigenvalue weighted by molar-refractivity contribution is 1.01. The van der Waals surface area contributed by atoms with E-state index in [0.717, 1.165) is 18.0 Å². The largest absolute Gasteiger partial charge is 0.397 e. The van der Waals surface area contributed by atoms with Crippen molar-refractivity contribution in [1.82, 2.24) is 0 Å². The Hall–Kier alpha value is -1.99. The van der Waals surface area contributed by atoms with Crippen molar-refractivity contribution in [2.75, 3.05) is 17.6 Å². The first-order valence-corrected chi connectivity index (χ1v) is 6.60. The highest BCUT2D eigenvalue weighted by molar-refractivity contribution is 7.17. The predicted molar refractivity (Wildman–Crippen MR) is 76.8 cm³/mol. The Labute approximate surface area is 111 Å². The van der Waals surface area contributed by atoms with E-state index in [1.807, 2.05) is 12.1 Å². The van der Waals surface area contributed by atoms with Gasteiger partial charge in [0.25, 0.3) is 0 Å². The smallest absolute Gasteiger partial charge is 0.129 e. The number of hydrogen-bond acceptors (Lipinski definition) is 4. The molecule has 92 valence electrons. The molecule has 0 saturated carbocycles. The molecule has 18 heavy (non-hydrogen) atoms. The molecule has 0 atom stereocenters. The van der Waals surface area contributed by atoms with Crippen LogP contribution >= 0.6 is 11.3 Å². The van der Waals surface area contributed by atoms with Crippen molar-refractivity contribution in [1.29, 1.82) is 5.26 Å². The Morgan fingerprint density at radius 1 is 1.39 bits per heavy atom. The van der Waals surface area contributed by atoms with Gasteiger partial charge in [-0.05, 0) is 30.5 Å². The minimum Gasteiger partial charge on any atom is -0.397 e. The van der Waals surface area contributed by atoms with Crippen molar-refractivity contribution < 1.29 is 0 Å². The molecule has 3 N–H and O–H groups in total. The lowest BCUT2D eigenvalue weighted by atomic mass is 10.1. The summed E-state index contributed by atoms with van der Waals surface area (Å²) in [4.78, 5) is 0.577. The number of anilines is 2. The molecule has 1 heterocycles. The Morgan fingerprint density at radius 2 is 2.17 bits per heavy atom. The zero-order valence-corrected chi connectivity index (χ0v) is 11.1. The first-order valence-electron chi connectivity index (χ1n) is 5.78. The Morgan fingerprint density at radius 3 is 2.83 bits per heavy atom. The number of nitriles is 1. The minimum absolute atomic E-state index is 0.556. The van der Waals surface area contributed by atoms with Crippen molar-refractivity contribution >= 4 is 22.0 Å². The fourth-order valence-corrected chi connectivity index (χ4v) is 2.59. The predicted octanol–water partition coefficient (Wildman–Crippen LogP) is 3.17. The van der Waals surface area contributed by atoms with Gasteiger partial charge in [0, 0.05) is 6.54 Å². The van der Waals surface area contributed by atoms with Gasteiger partial charge in [0.1, 0.15) is 10.9 Å². The van der Waals surface area contributed by atoms with Crippen LogP contribution < -0.4 is 11.1 Å². The molecule has 0 bridgehead atoms. The third-order valence-electron chi connectivity index (χ3n) is 2.82. The van der Waals surface area contributed by atoms with E-state index in [1.165, 1.54) is 22.5 Å². The van der Waals surface area contributed by atoms with Crippen LogP contribution in [0.4, 0.5) is 10.7 Å². The zero-order valence-electron chi connectivity index (χ0n) is 10.2. The van der Waals surface area contributed by atoms with Crippen LogP contribution in [-0.4, -0.2) is 6.54 Å². The van der Waals surface area contributed by atoms with E-state index < -0.39 is 0 Å². The van der Waals surface area contributed by atoms with Gasteiger partial charge < -0.3 is 11.1 Å². The van der Waals surface area contributed by atoms with Gasteiger partial charge in [0.2, 0.25) is 0 Å². The number of rotatable bonds is 4. The number of nitrogens with one attached hydrogen (secondary N) is 1. The van der Waals surface area contributed by atoms with Crippen LogP contribution in [0.5, 0.6) is 0 Å². The molecule has 0 radical (unpaired) electrons. The third kappa shape index (κ3) is 2.82. The number of nitrogen functional groups attached to an aromatic ring is 1. The van der Waals surface area contributed by atoms with Gasteiger partial charge >= 0.3 is 0 Å². The average Bonchev–Trinajstić information content (AvgIpc) is 2.72. The van der Waals surface area contributed by atoms with Crippen molar-refractivity contribution in [3.8, 4) is 6.07 Å². The topological polar surface area (TPSA) is 61.8 Å². The number of thiophene rings is 1. The second-order valence-corrected chi connectivity index (χ2v) is 5.16. The SMILES string of the molecule is Cc1ccccc1CCNc1cc(N)c(C#N)s1. The summed E-state index contributed by atoms with van der Waals surface area (Å²) >= 11 is 1.40. The van der Waals surface area contributed by atoms with Crippen LogP contribution in [0.3, 0.4) is 0 Å². The molecule has 2 aromatic rings. The van der Waals surface area contributed by atoms with Crippen LogP contribution in [0, 0.1) is 18.3 Å². The summed E-state index contributed by atoms with van der Waals surface area (Å²) in [6.45, 7) is 2.96. The highest BCUT2D eigenvalue weighted by atomic mass is 32.1. The standard InChI is InChI=1S/C14H15N3S/c1-10-4-2-3-5-11(10)6-7-17-14-8-12(16)13(9-15)18-14/h2-5,8,17H,6-7,16H2,1H3. The molecule has 0 spiro atoms. The lowest BCUT2D eigenvalue weighted by Crippen LogP contribution is -2.04. The number of nitrogens with two attached hydrogens (primary N) is 1. The van der Waals surface area contributed by atoms with E-state index in [0.29, 0.717) is 10.6 Å². The molecule has 0 unspecified atom stereocenters. The average molecular weight is 257 g/mol.